The van der Waals surface area contributed by atoms with Crippen molar-refractivity contribution in [3.8, 4) is 5.75 Å². The van der Waals surface area contributed by atoms with Gasteiger partial charge in [-0.25, -0.2) is 8.42 Å². The molecule has 0 bridgehead atoms. The second-order valence-corrected chi connectivity index (χ2v) is 10.9. The number of hydrogen-bond donors (Lipinski definition) is 1. The number of amides is 2. The molecule has 0 heterocycles. The minimum absolute atomic E-state index is 0.0593. The topological polar surface area (TPSA) is 96.0 Å². The van der Waals surface area contributed by atoms with Crippen molar-refractivity contribution in [3.05, 3.63) is 58.1 Å². The van der Waals surface area contributed by atoms with Gasteiger partial charge in [0.15, 0.2) is 0 Å². The molecule has 36 heavy (non-hydrogen) atoms. The predicted octanol–water partition coefficient (Wildman–Crippen LogP) is 4.49. The number of rotatable bonds is 13. The third-order valence-electron chi connectivity index (χ3n) is 5.44. The van der Waals surface area contributed by atoms with E-state index in [0.29, 0.717) is 46.6 Å². The fraction of sp³-hybridized carbons (Fsp3) is 0.440. The van der Waals surface area contributed by atoms with Crippen LogP contribution in [0.2, 0.25) is 10.0 Å². The molecule has 2 aromatic carbocycles. The highest BCUT2D eigenvalue weighted by molar-refractivity contribution is 7.92. The number of halogens is 2. The number of carbonyl (C=O) groups is 2. The Morgan fingerprint density at radius 3 is 2.14 bits per heavy atom. The van der Waals surface area contributed by atoms with Crippen molar-refractivity contribution in [2.45, 2.75) is 46.2 Å². The van der Waals surface area contributed by atoms with Crippen molar-refractivity contribution in [1.29, 1.82) is 0 Å². The number of benzene rings is 2. The van der Waals surface area contributed by atoms with Crippen LogP contribution in [0.1, 0.15) is 39.2 Å². The number of carbonyl (C=O) groups excluding carboxylic acids is 2. The molecule has 0 saturated carbocycles. The summed E-state index contributed by atoms with van der Waals surface area (Å²) < 4.78 is 31.8. The third-order valence-corrected chi connectivity index (χ3v) is 7.29. The largest absolute Gasteiger partial charge is 0.494 e. The van der Waals surface area contributed by atoms with Gasteiger partial charge in [0.2, 0.25) is 21.8 Å². The smallest absolute Gasteiger partial charge is 0.244 e. The van der Waals surface area contributed by atoms with Crippen LogP contribution in [0.3, 0.4) is 0 Å². The highest BCUT2D eigenvalue weighted by Gasteiger charge is 2.32. The second kappa shape index (κ2) is 13.7. The lowest BCUT2D eigenvalue weighted by Crippen LogP contribution is -2.52. The molecule has 0 aliphatic carbocycles. The molecule has 0 aliphatic heterocycles. The summed E-state index contributed by atoms with van der Waals surface area (Å²) in [5, 5.41) is 3.51. The normalized spacial score (nSPS) is 12.1. The first kappa shape index (κ1) is 29.7. The third kappa shape index (κ3) is 8.01. The van der Waals surface area contributed by atoms with Crippen LogP contribution in [0.5, 0.6) is 5.75 Å². The first-order valence-electron chi connectivity index (χ1n) is 11.7. The van der Waals surface area contributed by atoms with Crippen LogP contribution in [-0.4, -0.2) is 57.1 Å². The summed E-state index contributed by atoms with van der Waals surface area (Å²) >= 11 is 12.7. The van der Waals surface area contributed by atoms with E-state index in [-0.39, 0.29) is 12.5 Å². The Bertz CT molecular complexity index is 1120. The lowest BCUT2D eigenvalue weighted by molar-refractivity contribution is -0.140. The van der Waals surface area contributed by atoms with Crippen molar-refractivity contribution < 1.29 is 22.7 Å². The Balaban J connectivity index is 2.46. The molecule has 0 aliphatic rings. The van der Waals surface area contributed by atoms with Gasteiger partial charge in [-0.2, -0.15) is 0 Å². The van der Waals surface area contributed by atoms with E-state index in [9.17, 15) is 18.0 Å². The van der Waals surface area contributed by atoms with Crippen LogP contribution in [-0.2, 0) is 26.2 Å². The summed E-state index contributed by atoms with van der Waals surface area (Å²) in [4.78, 5) is 28.0. The minimum Gasteiger partial charge on any atom is -0.494 e. The van der Waals surface area contributed by atoms with Crippen LogP contribution in [0.4, 0.5) is 5.69 Å². The highest BCUT2D eigenvalue weighted by atomic mass is 35.5. The summed E-state index contributed by atoms with van der Waals surface area (Å²) in [6.45, 7) is 5.90. The highest BCUT2D eigenvalue weighted by Crippen LogP contribution is 2.28. The molecule has 0 saturated heterocycles. The zero-order valence-electron chi connectivity index (χ0n) is 21.0. The average molecular weight is 559 g/mol. The molecule has 8 nitrogen and oxygen atoms in total. The van der Waals surface area contributed by atoms with Gasteiger partial charge < -0.3 is 15.0 Å². The Kier molecular flexibility index (Phi) is 11.3. The van der Waals surface area contributed by atoms with Crippen molar-refractivity contribution in [1.82, 2.24) is 10.2 Å². The molecule has 0 radical (unpaired) electrons. The van der Waals surface area contributed by atoms with Crippen molar-refractivity contribution >= 4 is 50.7 Å². The fourth-order valence-corrected chi connectivity index (χ4v) is 4.99. The lowest BCUT2D eigenvalue weighted by atomic mass is 10.1. The molecule has 0 spiro atoms. The van der Waals surface area contributed by atoms with E-state index in [1.165, 1.54) is 4.90 Å². The predicted molar refractivity (Wildman–Crippen MR) is 144 cm³/mol. The van der Waals surface area contributed by atoms with Gasteiger partial charge in [-0.05, 0) is 56.2 Å². The SMILES string of the molecule is CCCNC(=O)[C@H](CC)N(Cc1c(Cl)cccc1Cl)C(=O)CN(c1ccc(OCC)cc1)S(C)(=O)=O. The number of nitrogens with one attached hydrogen (secondary N) is 1. The van der Waals surface area contributed by atoms with Gasteiger partial charge in [0, 0.05) is 28.7 Å². The number of hydrogen-bond acceptors (Lipinski definition) is 5. The molecule has 0 aromatic heterocycles. The minimum atomic E-state index is -3.84. The van der Waals surface area contributed by atoms with Gasteiger partial charge in [0.05, 0.1) is 18.6 Å². The van der Waals surface area contributed by atoms with E-state index in [2.05, 4.69) is 5.32 Å². The van der Waals surface area contributed by atoms with E-state index in [4.69, 9.17) is 27.9 Å². The van der Waals surface area contributed by atoms with Crippen LogP contribution in [0, 0.1) is 0 Å². The molecule has 198 valence electrons. The van der Waals surface area contributed by atoms with Crippen LogP contribution >= 0.6 is 23.2 Å². The van der Waals surface area contributed by atoms with E-state index < -0.39 is 28.5 Å². The molecule has 2 aromatic rings. The van der Waals surface area contributed by atoms with Gasteiger partial charge in [0.25, 0.3) is 0 Å². The van der Waals surface area contributed by atoms with E-state index >= 15 is 0 Å². The number of nitrogens with zero attached hydrogens (tertiary/aromatic N) is 2. The maximum absolute atomic E-state index is 13.7. The van der Waals surface area contributed by atoms with Gasteiger partial charge in [-0.3, -0.25) is 13.9 Å². The zero-order chi connectivity index (χ0) is 26.9. The molecule has 1 N–H and O–H groups in total. The standard InChI is InChI=1S/C25H33Cl2N3O5S/c1-5-15-28-25(32)23(6-2)29(16-20-21(26)9-8-10-22(20)27)24(31)17-30(36(4,33)34)18-11-13-19(14-12-18)35-7-3/h8-14,23H,5-7,15-17H2,1-4H3,(H,28,32)/t23-/m0/s1. The van der Waals surface area contributed by atoms with Crippen LogP contribution in [0.25, 0.3) is 0 Å². The fourth-order valence-electron chi connectivity index (χ4n) is 3.63. The van der Waals surface area contributed by atoms with Crippen molar-refractivity contribution in [2.75, 3.05) is 30.3 Å². The number of anilines is 1. The summed E-state index contributed by atoms with van der Waals surface area (Å²) in [5.41, 5.74) is 0.774. The van der Waals surface area contributed by atoms with Crippen LogP contribution < -0.4 is 14.4 Å². The van der Waals surface area contributed by atoms with Gasteiger partial charge in [-0.15, -0.1) is 0 Å². The van der Waals surface area contributed by atoms with Gasteiger partial charge >= 0.3 is 0 Å². The first-order chi connectivity index (χ1) is 17.0. The molecule has 11 heteroatoms. The Morgan fingerprint density at radius 1 is 1.03 bits per heavy atom. The average Bonchev–Trinajstić information content (AvgIpc) is 2.82. The Morgan fingerprint density at radius 2 is 1.64 bits per heavy atom. The summed E-state index contributed by atoms with van der Waals surface area (Å²) in [6, 6.07) is 10.5. The first-order valence-corrected chi connectivity index (χ1v) is 14.3. The van der Waals surface area contributed by atoms with E-state index in [1.54, 1.807) is 49.4 Å². The summed E-state index contributed by atoms with van der Waals surface area (Å²) in [7, 11) is -3.84. The zero-order valence-corrected chi connectivity index (χ0v) is 23.3. The lowest BCUT2D eigenvalue weighted by Gasteiger charge is -2.33. The second-order valence-electron chi connectivity index (χ2n) is 8.13. The van der Waals surface area contributed by atoms with Gasteiger partial charge in [-0.1, -0.05) is 43.1 Å². The molecule has 2 rings (SSSR count). The maximum Gasteiger partial charge on any atom is 0.244 e. The quantitative estimate of drug-likeness (QED) is 0.391. The number of ether oxygens (including phenoxy) is 1. The molecule has 0 unspecified atom stereocenters. The van der Waals surface area contributed by atoms with Crippen LogP contribution in [0.15, 0.2) is 42.5 Å². The molecular formula is C25H33Cl2N3O5S. The summed E-state index contributed by atoms with van der Waals surface area (Å²) in [6.07, 6.45) is 2.06. The summed E-state index contributed by atoms with van der Waals surface area (Å²) in [5.74, 6) is -0.318. The van der Waals surface area contributed by atoms with E-state index in [1.807, 2.05) is 13.8 Å². The molecule has 0 fully saturated rings. The van der Waals surface area contributed by atoms with Gasteiger partial charge in [0.1, 0.15) is 18.3 Å². The maximum atomic E-state index is 13.7. The Hall–Kier alpha value is -2.49. The number of sulfonamides is 1. The van der Waals surface area contributed by atoms with Crippen molar-refractivity contribution in [3.63, 3.8) is 0 Å². The molecular weight excluding hydrogens is 525 g/mol. The Labute approximate surface area is 223 Å². The molecule has 1 atom stereocenters. The van der Waals surface area contributed by atoms with E-state index in [0.717, 1.165) is 17.0 Å². The van der Waals surface area contributed by atoms with Crippen molar-refractivity contribution in [2.24, 2.45) is 0 Å². The molecule has 2 amide bonds. The monoisotopic (exact) mass is 557 g/mol.